The minimum absolute atomic E-state index is 0.0236. The van der Waals surface area contributed by atoms with E-state index in [2.05, 4.69) is 0 Å². The fourth-order valence-electron chi connectivity index (χ4n) is 2.13. The molecule has 0 amide bonds. The van der Waals surface area contributed by atoms with Crippen LogP contribution in [0.1, 0.15) is 23.2 Å². The van der Waals surface area contributed by atoms with Gasteiger partial charge < -0.3 is 4.74 Å². The fourth-order valence-corrected chi connectivity index (χ4v) is 3.55. The molecule has 0 aromatic heterocycles. The first-order valence-corrected chi connectivity index (χ1v) is 7.61. The Morgan fingerprint density at radius 2 is 1.79 bits per heavy atom. The van der Waals surface area contributed by atoms with Crippen molar-refractivity contribution >= 4 is 16.3 Å². The Balaban J connectivity index is 2.22. The van der Waals surface area contributed by atoms with E-state index in [9.17, 15) is 13.2 Å². The maximum atomic E-state index is 12.4. The SMILES string of the molecule is CN(C1CCOCC1)S(=O)(=O)c1ccc(C=O)cc1. The van der Waals surface area contributed by atoms with E-state index >= 15 is 0 Å². The van der Waals surface area contributed by atoms with Crippen molar-refractivity contribution in [2.45, 2.75) is 23.8 Å². The summed E-state index contributed by atoms with van der Waals surface area (Å²) < 4.78 is 31.5. The van der Waals surface area contributed by atoms with E-state index in [1.807, 2.05) is 0 Å². The average molecular weight is 283 g/mol. The molecule has 1 saturated heterocycles. The lowest BCUT2D eigenvalue weighted by atomic mass is 10.1. The minimum Gasteiger partial charge on any atom is -0.381 e. The number of hydrogen-bond donors (Lipinski definition) is 0. The zero-order chi connectivity index (χ0) is 13.9. The molecule has 2 rings (SSSR count). The molecule has 1 fully saturated rings. The summed E-state index contributed by atoms with van der Waals surface area (Å²) in [6, 6.07) is 5.93. The third-order valence-electron chi connectivity index (χ3n) is 3.40. The molecule has 0 aliphatic carbocycles. The Hall–Kier alpha value is -1.24. The molecule has 0 saturated carbocycles. The van der Waals surface area contributed by atoms with Crippen LogP contribution >= 0.6 is 0 Å². The highest BCUT2D eigenvalue weighted by Gasteiger charge is 2.29. The van der Waals surface area contributed by atoms with Crippen LogP contribution in [0.3, 0.4) is 0 Å². The third kappa shape index (κ3) is 3.02. The van der Waals surface area contributed by atoms with Crippen molar-refractivity contribution in [3.05, 3.63) is 29.8 Å². The number of aldehydes is 1. The number of sulfonamides is 1. The Bertz CT molecular complexity index is 532. The van der Waals surface area contributed by atoms with Gasteiger partial charge in [0, 0.05) is 31.9 Å². The summed E-state index contributed by atoms with van der Waals surface area (Å²) in [5.74, 6) is 0. The Morgan fingerprint density at radius 3 is 2.32 bits per heavy atom. The summed E-state index contributed by atoms with van der Waals surface area (Å²) in [5.41, 5.74) is 0.465. The van der Waals surface area contributed by atoms with Gasteiger partial charge in [-0.2, -0.15) is 4.31 Å². The van der Waals surface area contributed by atoms with Crippen molar-refractivity contribution in [3.8, 4) is 0 Å². The van der Waals surface area contributed by atoms with Gasteiger partial charge in [-0.15, -0.1) is 0 Å². The molecule has 6 heteroatoms. The van der Waals surface area contributed by atoms with Gasteiger partial charge in [0.15, 0.2) is 0 Å². The summed E-state index contributed by atoms with van der Waals surface area (Å²) in [4.78, 5) is 10.8. The smallest absolute Gasteiger partial charge is 0.243 e. The highest BCUT2D eigenvalue weighted by Crippen LogP contribution is 2.21. The summed E-state index contributed by atoms with van der Waals surface area (Å²) >= 11 is 0. The van der Waals surface area contributed by atoms with Crippen LogP contribution in [0.5, 0.6) is 0 Å². The molecule has 1 heterocycles. The molecule has 1 aromatic carbocycles. The molecule has 1 aromatic rings. The average Bonchev–Trinajstić information content (AvgIpc) is 2.47. The van der Waals surface area contributed by atoms with Crippen molar-refractivity contribution in [3.63, 3.8) is 0 Å². The molecule has 0 unspecified atom stereocenters. The predicted octanol–water partition coefficient (Wildman–Crippen LogP) is 1.30. The second-order valence-corrected chi connectivity index (χ2v) is 6.55. The van der Waals surface area contributed by atoms with E-state index in [-0.39, 0.29) is 10.9 Å². The standard InChI is InChI=1S/C13H17NO4S/c1-14(12-6-8-18-9-7-12)19(16,17)13-4-2-11(10-15)3-5-13/h2-5,10,12H,6-9H2,1H3. The Kier molecular flexibility index (Phi) is 4.34. The van der Waals surface area contributed by atoms with Crippen LogP contribution in [0.4, 0.5) is 0 Å². The number of ether oxygens (including phenoxy) is 1. The molecule has 0 atom stereocenters. The highest BCUT2D eigenvalue weighted by atomic mass is 32.2. The Labute approximate surface area is 113 Å². The molecule has 1 aliphatic heterocycles. The number of carbonyl (C=O) groups is 1. The normalized spacial score (nSPS) is 17.6. The van der Waals surface area contributed by atoms with Crippen molar-refractivity contribution in [2.24, 2.45) is 0 Å². The maximum absolute atomic E-state index is 12.4. The van der Waals surface area contributed by atoms with Crippen molar-refractivity contribution in [1.82, 2.24) is 4.31 Å². The van der Waals surface area contributed by atoms with Gasteiger partial charge in [-0.3, -0.25) is 4.79 Å². The predicted molar refractivity (Wildman–Crippen MR) is 70.6 cm³/mol. The van der Waals surface area contributed by atoms with E-state index < -0.39 is 10.0 Å². The summed E-state index contributed by atoms with van der Waals surface area (Å²) in [6.07, 6.45) is 2.11. The second kappa shape index (κ2) is 5.81. The van der Waals surface area contributed by atoms with Gasteiger partial charge >= 0.3 is 0 Å². The highest BCUT2D eigenvalue weighted by molar-refractivity contribution is 7.89. The molecular formula is C13H17NO4S. The fraction of sp³-hybridized carbons (Fsp3) is 0.462. The van der Waals surface area contributed by atoms with Gasteiger partial charge in [0.2, 0.25) is 10.0 Å². The van der Waals surface area contributed by atoms with E-state index in [4.69, 9.17) is 4.74 Å². The second-order valence-electron chi connectivity index (χ2n) is 4.55. The van der Waals surface area contributed by atoms with Crippen LogP contribution in [0, 0.1) is 0 Å². The molecule has 19 heavy (non-hydrogen) atoms. The van der Waals surface area contributed by atoms with Gasteiger partial charge in [-0.1, -0.05) is 12.1 Å². The van der Waals surface area contributed by atoms with Crippen molar-refractivity contribution in [2.75, 3.05) is 20.3 Å². The summed E-state index contributed by atoms with van der Waals surface area (Å²) in [6.45, 7) is 1.18. The van der Waals surface area contributed by atoms with Crippen molar-refractivity contribution < 1.29 is 17.9 Å². The first-order valence-electron chi connectivity index (χ1n) is 6.17. The molecule has 0 spiro atoms. The molecule has 1 aliphatic rings. The molecule has 0 bridgehead atoms. The maximum Gasteiger partial charge on any atom is 0.243 e. The van der Waals surface area contributed by atoms with Gasteiger partial charge in [-0.05, 0) is 25.0 Å². The van der Waals surface area contributed by atoms with Crippen LogP contribution in [-0.2, 0) is 14.8 Å². The zero-order valence-electron chi connectivity index (χ0n) is 10.8. The van der Waals surface area contributed by atoms with Crippen LogP contribution in [-0.4, -0.2) is 45.3 Å². The lowest BCUT2D eigenvalue weighted by Crippen LogP contribution is -2.40. The van der Waals surface area contributed by atoms with E-state index in [0.29, 0.717) is 37.9 Å². The summed E-state index contributed by atoms with van der Waals surface area (Å²) in [7, 11) is -1.91. The van der Waals surface area contributed by atoms with Crippen LogP contribution in [0.15, 0.2) is 29.2 Å². The van der Waals surface area contributed by atoms with Gasteiger partial charge in [0.05, 0.1) is 4.90 Å². The van der Waals surface area contributed by atoms with Crippen LogP contribution in [0.2, 0.25) is 0 Å². The number of rotatable bonds is 4. The first kappa shape index (κ1) is 14.2. The molecule has 5 nitrogen and oxygen atoms in total. The minimum atomic E-state index is -3.50. The topological polar surface area (TPSA) is 63.7 Å². The Morgan fingerprint density at radius 1 is 1.21 bits per heavy atom. The summed E-state index contributed by atoms with van der Waals surface area (Å²) in [5, 5.41) is 0. The number of benzene rings is 1. The number of nitrogens with zero attached hydrogens (tertiary/aromatic N) is 1. The van der Waals surface area contributed by atoms with Crippen LogP contribution < -0.4 is 0 Å². The van der Waals surface area contributed by atoms with Crippen molar-refractivity contribution in [1.29, 1.82) is 0 Å². The quantitative estimate of drug-likeness (QED) is 0.781. The van der Waals surface area contributed by atoms with E-state index in [0.717, 1.165) is 0 Å². The number of carbonyl (C=O) groups excluding carboxylic acids is 1. The van der Waals surface area contributed by atoms with Gasteiger partial charge in [-0.25, -0.2) is 8.42 Å². The largest absolute Gasteiger partial charge is 0.381 e. The zero-order valence-corrected chi connectivity index (χ0v) is 11.6. The molecule has 0 radical (unpaired) electrons. The van der Waals surface area contributed by atoms with Gasteiger partial charge in [0.1, 0.15) is 6.29 Å². The number of hydrogen-bond acceptors (Lipinski definition) is 4. The van der Waals surface area contributed by atoms with E-state index in [1.54, 1.807) is 7.05 Å². The molecule has 0 N–H and O–H groups in total. The third-order valence-corrected chi connectivity index (χ3v) is 5.32. The monoisotopic (exact) mass is 283 g/mol. The lowest BCUT2D eigenvalue weighted by Gasteiger charge is -2.30. The van der Waals surface area contributed by atoms with Gasteiger partial charge in [0.25, 0.3) is 0 Å². The molecular weight excluding hydrogens is 266 g/mol. The molecule has 104 valence electrons. The van der Waals surface area contributed by atoms with Crippen LogP contribution in [0.25, 0.3) is 0 Å². The lowest BCUT2D eigenvalue weighted by molar-refractivity contribution is 0.0632. The van der Waals surface area contributed by atoms with E-state index in [1.165, 1.54) is 28.6 Å². The first-order chi connectivity index (χ1) is 9.05.